The zero-order valence-corrected chi connectivity index (χ0v) is 11.9. The van der Waals surface area contributed by atoms with Crippen LogP contribution in [0.5, 0.6) is 0 Å². The van der Waals surface area contributed by atoms with E-state index >= 15 is 0 Å². The minimum atomic E-state index is -1.47. The smallest absolute Gasteiger partial charge is 0.144 e. The Morgan fingerprint density at radius 3 is 2.06 bits per heavy atom. The lowest BCUT2D eigenvalue weighted by atomic mass is 10.0. The van der Waals surface area contributed by atoms with Gasteiger partial charge in [-0.3, -0.25) is 0 Å². The zero-order chi connectivity index (χ0) is 13.1. The van der Waals surface area contributed by atoms with E-state index in [9.17, 15) is 4.89 Å². The highest BCUT2D eigenvalue weighted by atomic mass is 31.1. The van der Waals surface area contributed by atoms with Gasteiger partial charge < -0.3 is 4.89 Å². The van der Waals surface area contributed by atoms with Crippen LogP contribution in [-0.2, 0) is 0 Å². The van der Waals surface area contributed by atoms with E-state index in [2.05, 4.69) is 32.9 Å². The molecule has 0 saturated carbocycles. The van der Waals surface area contributed by atoms with Gasteiger partial charge in [0.15, 0.2) is 0 Å². The Labute approximate surface area is 110 Å². The minimum absolute atomic E-state index is 0.881. The van der Waals surface area contributed by atoms with E-state index in [0.717, 1.165) is 10.9 Å². The van der Waals surface area contributed by atoms with E-state index in [4.69, 9.17) is 0 Å². The molecule has 0 bridgehead atoms. The first kappa shape index (κ1) is 13.0. The maximum atomic E-state index is 12.3. The van der Waals surface area contributed by atoms with Crippen molar-refractivity contribution in [3.8, 4) is 0 Å². The molecule has 0 heterocycles. The molecule has 0 N–H and O–H groups in total. The maximum Gasteiger partial charge on any atom is 0.144 e. The fraction of sp³-hybridized carbons (Fsp3) is 0.188. The molecule has 92 valence electrons. The summed E-state index contributed by atoms with van der Waals surface area (Å²) in [5.41, 5.74) is 4.72. The van der Waals surface area contributed by atoms with E-state index in [0.29, 0.717) is 0 Å². The van der Waals surface area contributed by atoms with Gasteiger partial charge in [-0.25, -0.2) is 0 Å². The van der Waals surface area contributed by atoms with Crippen LogP contribution in [0.25, 0.3) is 0 Å². The van der Waals surface area contributed by atoms with Gasteiger partial charge in [-0.1, -0.05) is 35.9 Å². The molecule has 1 unspecified atom stereocenters. The van der Waals surface area contributed by atoms with Crippen molar-refractivity contribution in [2.75, 3.05) is 0 Å². The molecule has 2 heteroatoms. The van der Waals surface area contributed by atoms with Crippen molar-refractivity contribution >= 4 is 18.9 Å². The first-order valence-electron chi connectivity index (χ1n) is 6.02. The van der Waals surface area contributed by atoms with Crippen molar-refractivity contribution in [3.05, 3.63) is 64.7 Å². The van der Waals surface area contributed by atoms with Gasteiger partial charge in [0, 0.05) is 5.56 Å². The second-order valence-corrected chi connectivity index (χ2v) is 6.03. The average molecular weight is 256 g/mol. The van der Waals surface area contributed by atoms with Gasteiger partial charge in [-0.2, -0.15) is 0 Å². The molecule has 2 aromatic rings. The molecule has 0 amide bonds. The van der Waals surface area contributed by atoms with Gasteiger partial charge in [0.2, 0.25) is 0 Å². The summed E-state index contributed by atoms with van der Waals surface area (Å²) < 4.78 is 0. The van der Waals surface area contributed by atoms with E-state index in [1.54, 1.807) is 0 Å². The van der Waals surface area contributed by atoms with E-state index in [1.165, 1.54) is 16.7 Å². The molecular formula is C16H17OP. The third-order valence-electron chi connectivity index (χ3n) is 3.00. The Kier molecular flexibility index (Phi) is 3.96. The molecule has 2 aromatic carbocycles. The Bertz CT molecular complexity index is 562. The number of rotatable bonds is 2. The Morgan fingerprint density at radius 2 is 1.50 bits per heavy atom. The maximum absolute atomic E-state index is 12.3. The van der Waals surface area contributed by atoms with E-state index < -0.39 is 7.77 Å². The first-order chi connectivity index (χ1) is 8.58. The molecule has 18 heavy (non-hydrogen) atoms. The number of aryl methyl sites for hydroxylation is 3. The lowest BCUT2D eigenvalue weighted by molar-refractivity contribution is -0.149. The fourth-order valence-electron chi connectivity index (χ4n) is 2.16. The average Bonchev–Trinajstić information content (AvgIpc) is 2.34. The van der Waals surface area contributed by atoms with Gasteiger partial charge in [0.1, 0.15) is 11.1 Å². The highest BCUT2D eigenvalue weighted by Crippen LogP contribution is 2.19. The molecule has 0 aliphatic heterocycles. The van der Waals surface area contributed by atoms with Gasteiger partial charge in [0.05, 0.1) is 7.77 Å². The van der Waals surface area contributed by atoms with Crippen LogP contribution >= 0.6 is 7.77 Å². The van der Waals surface area contributed by atoms with Gasteiger partial charge in [0.25, 0.3) is 0 Å². The topological polar surface area (TPSA) is 23.1 Å². The SMILES string of the molecule is Cc1cc(C)c(C=[P+]([O-])c2ccccc2)c(C)c1. The Hall–Kier alpha value is -1.43. The van der Waals surface area contributed by atoms with E-state index in [1.807, 2.05) is 36.1 Å². The summed E-state index contributed by atoms with van der Waals surface area (Å²) in [4.78, 5) is 12.3. The summed E-state index contributed by atoms with van der Waals surface area (Å²) in [5.74, 6) is 1.88. The fourth-order valence-corrected chi connectivity index (χ4v) is 3.42. The predicted molar refractivity (Wildman–Crippen MR) is 78.8 cm³/mol. The van der Waals surface area contributed by atoms with Crippen LogP contribution in [-0.4, -0.2) is 5.80 Å². The third kappa shape index (κ3) is 2.87. The summed E-state index contributed by atoms with van der Waals surface area (Å²) in [5, 5.41) is 0.881. The molecule has 0 aliphatic carbocycles. The van der Waals surface area contributed by atoms with E-state index in [-0.39, 0.29) is 0 Å². The van der Waals surface area contributed by atoms with Crippen LogP contribution in [0, 0.1) is 20.8 Å². The quantitative estimate of drug-likeness (QED) is 0.758. The Morgan fingerprint density at radius 1 is 0.944 bits per heavy atom. The largest absolute Gasteiger partial charge is 0.626 e. The van der Waals surface area contributed by atoms with Gasteiger partial charge >= 0.3 is 0 Å². The molecule has 0 fully saturated rings. The lowest BCUT2D eigenvalue weighted by Gasteiger charge is -2.06. The standard InChI is InChI=1S/C16H17OP/c1-12-9-13(2)16(14(3)10-12)11-18(17)15-7-5-4-6-8-15/h4-11H,1-3H3. The van der Waals surface area contributed by atoms with Crippen molar-refractivity contribution in [2.45, 2.75) is 20.8 Å². The molecule has 0 saturated heterocycles. The van der Waals surface area contributed by atoms with Crippen molar-refractivity contribution in [2.24, 2.45) is 0 Å². The van der Waals surface area contributed by atoms with Crippen molar-refractivity contribution in [1.82, 2.24) is 0 Å². The normalized spacial score (nSPS) is 11.7. The highest BCUT2D eigenvalue weighted by molar-refractivity contribution is 7.58. The van der Waals surface area contributed by atoms with Gasteiger partial charge in [-0.05, 0) is 44.0 Å². The number of hydrogen-bond donors (Lipinski definition) is 0. The Balaban J connectivity index is 2.45. The molecule has 1 atom stereocenters. The highest BCUT2D eigenvalue weighted by Gasteiger charge is 2.07. The molecule has 1 nitrogen and oxygen atoms in total. The second kappa shape index (κ2) is 5.48. The molecule has 0 aliphatic rings. The second-order valence-electron chi connectivity index (χ2n) is 4.60. The van der Waals surface area contributed by atoms with Crippen LogP contribution in [0.2, 0.25) is 0 Å². The summed E-state index contributed by atoms with van der Waals surface area (Å²) in [6.45, 7) is 6.22. The summed E-state index contributed by atoms with van der Waals surface area (Å²) in [6, 6.07) is 13.9. The molecular weight excluding hydrogens is 239 g/mol. The van der Waals surface area contributed by atoms with Crippen LogP contribution in [0.15, 0.2) is 42.5 Å². The van der Waals surface area contributed by atoms with Crippen molar-refractivity contribution in [1.29, 1.82) is 0 Å². The summed E-state index contributed by atoms with van der Waals surface area (Å²) in [7, 11) is -1.47. The van der Waals surface area contributed by atoms with Crippen molar-refractivity contribution in [3.63, 3.8) is 0 Å². The number of hydrogen-bond acceptors (Lipinski definition) is 1. The third-order valence-corrected chi connectivity index (χ3v) is 4.29. The van der Waals surface area contributed by atoms with Gasteiger partial charge in [-0.15, -0.1) is 0 Å². The monoisotopic (exact) mass is 256 g/mol. The molecule has 0 spiro atoms. The lowest BCUT2D eigenvalue weighted by Crippen LogP contribution is -2.07. The summed E-state index contributed by atoms with van der Waals surface area (Å²) >= 11 is 0. The minimum Gasteiger partial charge on any atom is -0.626 e. The van der Waals surface area contributed by atoms with Crippen LogP contribution < -0.4 is 10.2 Å². The molecule has 0 radical (unpaired) electrons. The van der Waals surface area contributed by atoms with Crippen LogP contribution in [0.4, 0.5) is 0 Å². The van der Waals surface area contributed by atoms with Crippen LogP contribution in [0.1, 0.15) is 22.3 Å². The van der Waals surface area contributed by atoms with Crippen molar-refractivity contribution < 1.29 is 4.89 Å². The molecule has 2 rings (SSSR count). The molecule has 0 aromatic heterocycles. The first-order valence-corrected chi connectivity index (χ1v) is 7.35. The summed E-state index contributed by atoms with van der Waals surface area (Å²) in [6.07, 6.45) is 0. The zero-order valence-electron chi connectivity index (χ0n) is 11.0. The number of benzene rings is 2. The predicted octanol–water partition coefficient (Wildman–Crippen LogP) is 2.84. The van der Waals surface area contributed by atoms with Crippen LogP contribution in [0.3, 0.4) is 0 Å².